The van der Waals surface area contributed by atoms with Crippen LogP contribution >= 0.6 is 0 Å². The number of benzene rings is 1. The third-order valence-corrected chi connectivity index (χ3v) is 6.36. The number of amides is 1. The Hall–Kier alpha value is -4.00. The first-order valence-corrected chi connectivity index (χ1v) is 11.2. The van der Waals surface area contributed by atoms with Crippen molar-refractivity contribution in [2.24, 2.45) is 0 Å². The van der Waals surface area contributed by atoms with Crippen LogP contribution in [0.1, 0.15) is 29.0 Å². The van der Waals surface area contributed by atoms with E-state index in [1.807, 2.05) is 18.9 Å². The van der Waals surface area contributed by atoms with Crippen molar-refractivity contribution in [2.45, 2.75) is 19.9 Å². The summed E-state index contributed by atoms with van der Waals surface area (Å²) in [5, 5.41) is 7.45. The molecule has 0 radical (unpaired) electrons. The molecule has 0 spiro atoms. The number of aryl methyl sites for hydroxylation is 1. The minimum atomic E-state index is -0.771. The summed E-state index contributed by atoms with van der Waals surface area (Å²) in [4.78, 5) is 44.4. The lowest BCUT2D eigenvalue weighted by Gasteiger charge is -2.37. The molecule has 3 aromatic rings. The van der Waals surface area contributed by atoms with Crippen molar-refractivity contribution in [1.29, 1.82) is 0 Å². The topological polar surface area (TPSA) is 137 Å². The maximum atomic E-state index is 15.4. The Balaban J connectivity index is 1.55. The lowest BCUT2D eigenvalue weighted by atomic mass is 10.0. The lowest BCUT2D eigenvalue weighted by molar-refractivity contribution is 0.0960. The van der Waals surface area contributed by atoms with E-state index >= 15 is 4.39 Å². The number of halogens is 1. The molecule has 5 rings (SSSR count). The average molecular weight is 484 g/mol. The number of hydrogen-bond acceptors (Lipinski definition) is 9. The summed E-state index contributed by atoms with van der Waals surface area (Å²) in [5.41, 5.74) is 4.44. The smallest absolute Gasteiger partial charge is 0.275 e. The molecule has 184 valence electrons. The molecule has 1 aromatic carbocycles. The van der Waals surface area contributed by atoms with E-state index in [0.717, 1.165) is 13.1 Å². The fourth-order valence-electron chi connectivity index (χ4n) is 4.33. The number of aromatic amines is 1. The number of aromatic nitrogens is 4. The van der Waals surface area contributed by atoms with Crippen molar-refractivity contribution in [3.8, 4) is 5.75 Å². The van der Waals surface area contributed by atoms with Crippen LogP contribution in [-0.2, 0) is 0 Å². The Labute approximate surface area is 198 Å². The number of hydrogen-bond donors (Lipinski definition) is 3. The average Bonchev–Trinajstić information content (AvgIpc) is 2.83. The highest BCUT2D eigenvalue weighted by Crippen LogP contribution is 2.42. The summed E-state index contributed by atoms with van der Waals surface area (Å²) in [5.74, 6) is -1.12. The number of H-pyrrole nitrogens is 1. The van der Waals surface area contributed by atoms with Crippen molar-refractivity contribution in [2.75, 3.05) is 50.2 Å². The predicted octanol–water partition coefficient (Wildman–Crippen LogP) is 0.389. The second-order valence-corrected chi connectivity index (χ2v) is 8.83. The standard InChI is InChI=1S/C22H25FN8O4/c1-11-10-35-19-16-13(8-15(23)17(19)30-6-4-29(3)5-7-30)18(32)14(9-31(11)16)21(34)26-28-22-24-20(33)12(2)25-27-22/h8-9,11H,4-7,10H2,1-3H3,(H,26,34)(H2,24,27,28,33)/t11-/m0/s1. The first-order chi connectivity index (χ1) is 16.7. The summed E-state index contributed by atoms with van der Waals surface area (Å²) in [7, 11) is 2.01. The van der Waals surface area contributed by atoms with Crippen LogP contribution in [0.2, 0.25) is 0 Å². The minimum absolute atomic E-state index is 0.0538. The molecule has 0 aliphatic carbocycles. The van der Waals surface area contributed by atoms with Crippen molar-refractivity contribution in [1.82, 2.24) is 30.1 Å². The van der Waals surface area contributed by atoms with E-state index in [2.05, 4.69) is 30.9 Å². The second kappa shape index (κ2) is 8.65. The van der Waals surface area contributed by atoms with Gasteiger partial charge in [-0.15, -0.1) is 10.2 Å². The normalized spacial score (nSPS) is 17.8. The Kier molecular flexibility index (Phi) is 5.63. The van der Waals surface area contributed by atoms with Gasteiger partial charge in [0.15, 0.2) is 11.6 Å². The van der Waals surface area contributed by atoms with Gasteiger partial charge in [0.1, 0.15) is 23.6 Å². The van der Waals surface area contributed by atoms with E-state index in [9.17, 15) is 14.4 Å². The number of ether oxygens (including phenoxy) is 1. The predicted molar refractivity (Wildman–Crippen MR) is 127 cm³/mol. The van der Waals surface area contributed by atoms with Crippen molar-refractivity contribution < 1.29 is 13.9 Å². The summed E-state index contributed by atoms with van der Waals surface area (Å²) in [6.07, 6.45) is 1.45. The number of anilines is 2. The minimum Gasteiger partial charge on any atom is -0.487 e. The highest BCUT2D eigenvalue weighted by atomic mass is 19.1. The Morgan fingerprint density at radius 2 is 1.97 bits per heavy atom. The van der Waals surface area contributed by atoms with E-state index in [-0.39, 0.29) is 35.2 Å². The van der Waals surface area contributed by atoms with E-state index in [1.54, 1.807) is 4.57 Å². The fraction of sp³-hybridized carbons (Fsp3) is 0.409. The molecule has 13 heteroatoms. The molecule has 1 amide bonds. The SMILES string of the molecule is Cc1nnc(NNC(=O)c2cn3c4c(c(N5CCN(C)CC5)c(F)cc4c2=O)OC[C@@H]3C)[nH]c1=O. The molecule has 1 fully saturated rings. The number of carbonyl (C=O) groups excluding carboxylic acids is 1. The largest absolute Gasteiger partial charge is 0.487 e. The van der Waals surface area contributed by atoms with Gasteiger partial charge >= 0.3 is 0 Å². The summed E-state index contributed by atoms with van der Waals surface area (Å²) >= 11 is 0. The first-order valence-electron chi connectivity index (χ1n) is 11.2. The molecule has 2 aliphatic heterocycles. The third-order valence-electron chi connectivity index (χ3n) is 6.36. The first kappa shape index (κ1) is 22.8. The lowest BCUT2D eigenvalue weighted by Crippen LogP contribution is -2.45. The van der Waals surface area contributed by atoms with Crippen LogP contribution in [0, 0.1) is 12.7 Å². The molecule has 0 bridgehead atoms. The van der Waals surface area contributed by atoms with Gasteiger partial charge in [0.25, 0.3) is 11.5 Å². The number of piperazine rings is 1. The molecule has 1 atom stereocenters. The zero-order valence-electron chi connectivity index (χ0n) is 19.5. The van der Waals surface area contributed by atoms with Gasteiger partial charge in [-0.3, -0.25) is 30.2 Å². The van der Waals surface area contributed by atoms with E-state index in [0.29, 0.717) is 30.0 Å². The van der Waals surface area contributed by atoms with Crippen LogP contribution in [0.3, 0.4) is 0 Å². The summed E-state index contributed by atoms with van der Waals surface area (Å²) < 4.78 is 23.1. The van der Waals surface area contributed by atoms with Crippen LogP contribution in [0.25, 0.3) is 10.9 Å². The van der Waals surface area contributed by atoms with Gasteiger partial charge in [0.2, 0.25) is 11.4 Å². The van der Waals surface area contributed by atoms with E-state index in [1.165, 1.54) is 19.2 Å². The van der Waals surface area contributed by atoms with Crippen molar-refractivity contribution in [3.05, 3.63) is 49.9 Å². The number of nitrogens with one attached hydrogen (secondary N) is 3. The molecule has 3 N–H and O–H groups in total. The van der Waals surface area contributed by atoms with Crippen LogP contribution in [0.4, 0.5) is 16.0 Å². The Bertz CT molecular complexity index is 1440. The number of hydrazine groups is 1. The van der Waals surface area contributed by atoms with Crippen molar-refractivity contribution in [3.63, 3.8) is 0 Å². The van der Waals surface area contributed by atoms with E-state index < -0.39 is 22.7 Å². The highest BCUT2D eigenvalue weighted by molar-refractivity contribution is 6.00. The van der Waals surface area contributed by atoms with Crippen molar-refractivity contribution >= 4 is 28.4 Å². The van der Waals surface area contributed by atoms with Gasteiger partial charge in [-0.05, 0) is 27.0 Å². The number of rotatable bonds is 4. The van der Waals surface area contributed by atoms with Crippen LogP contribution < -0.4 is 31.5 Å². The molecule has 2 aliphatic rings. The molecule has 1 saturated heterocycles. The Morgan fingerprint density at radius 1 is 1.23 bits per heavy atom. The van der Waals surface area contributed by atoms with E-state index in [4.69, 9.17) is 4.74 Å². The fourth-order valence-corrected chi connectivity index (χ4v) is 4.33. The maximum Gasteiger partial charge on any atom is 0.275 e. The van der Waals surface area contributed by atoms with Gasteiger partial charge in [0, 0.05) is 32.4 Å². The van der Waals surface area contributed by atoms with Gasteiger partial charge in [-0.25, -0.2) is 4.39 Å². The highest BCUT2D eigenvalue weighted by Gasteiger charge is 2.31. The third kappa shape index (κ3) is 3.97. The summed E-state index contributed by atoms with van der Waals surface area (Å²) in [6.45, 7) is 6.46. The number of likely N-dealkylation sites (N-methyl/N-ethyl adjacent to an activating group) is 1. The van der Waals surface area contributed by atoms with Gasteiger partial charge in [0.05, 0.1) is 16.9 Å². The Morgan fingerprint density at radius 3 is 2.69 bits per heavy atom. The zero-order chi connectivity index (χ0) is 24.9. The van der Waals surface area contributed by atoms with Crippen LogP contribution in [-0.4, -0.2) is 70.4 Å². The number of pyridine rings is 1. The summed E-state index contributed by atoms with van der Waals surface area (Å²) in [6, 6.07) is 0.982. The molecule has 2 aromatic heterocycles. The molecule has 0 saturated carbocycles. The monoisotopic (exact) mass is 484 g/mol. The maximum absolute atomic E-state index is 15.4. The zero-order valence-corrected chi connectivity index (χ0v) is 19.5. The number of nitrogens with zero attached hydrogens (tertiary/aromatic N) is 5. The molecule has 35 heavy (non-hydrogen) atoms. The van der Waals surface area contributed by atoms with Crippen LogP contribution in [0.5, 0.6) is 5.75 Å². The van der Waals surface area contributed by atoms with Gasteiger partial charge < -0.3 is 19.1 Å². The molecule has 4 heterocycles. The molecule has 0 unspecified atom stereocenters. The second-order valence-electron chi connectivity index (χ2n) is 8.83. The van der Waals surface area contributed by atoms with Gasteiger partial charge in [-0.2, -0.15) is 0 Å². The quantitative estimate of drug-likeness (QED) is 0.449. The molecular formula is C22H25FN8O4. The number of carbonyl (C=O) groups is 1. The van der Waals surface area contributed by atoms with Gasteiger partial charge in [-0.1, -0.05) is 0 Å². The molecule has 12 nitrogen and oxygen atoms in total. The molecular weight excluding hydrogens is 459 g/mol. The van der Waals surface area contributed by atoms with Crippen LogP contribution in [0.15, 0.2) is 21.9 Å².